The SMILES string of the molecule is O=C(NC(Cc1ccccc1)C(=O)N1CCCC1(O)O)c1cc2oc(Br)cc2[nH]1. The predicted octanol–water partition coefficient (Wildman–Crippen LogP) is 2.13. The largest absolute Gasteiger partial charge is 0.448 e. The fourth-order valence-electron chi connectivity index (χ4n) is 3.56. The highest BCUT2D eigenvalue weighted by molar-refractivity contribution is 9.10. The van der Waals surface area contributed by atoms with Crippen LogP contribution in [-0.2, 0) is 11.2 Å². The van der Waals surface area contributed by atoms with Crippen LogP contribution in [0.15, 0.2) is 51.6 Å². The first-order valence-electron chi connectivity index (χ1n) is 9.22. The molecule has 0 aliphatic carbocycles. The molecule has 8 nitrogen and oxygen atoms in total. The summed E-state index contributed by atoms with van der Waals surface area (Å²) < 4.78 is 5.96. The second-order valence-electron chi connectivity index (χ2n) is 7.09. The molecule has 0 bridgehead atoms. The van der Waals surface area contributed by atoms with Crippen LogP contribution in [0, 0.1) is 0 Å². The number of nitrogens with one attached hydrogen (secondary N) is 2. The molecule has 2 aromatic heterocycles. The van der Waals surface area contributed by atoms with E-state index < -0.39 is 23.8 Å². The van der Waals surface area contributed by atoms with E-state index in [-0.39, 0.29) is 25.1 Å². The number of carbonyl (C=O) groups excluding carboxylic acids is 2. The molecule has 1 unspecified atom stereocenters. The molecule has 152 valence electrons. The first-order valence-corrected chi connectivity index (χ1v) is 10.0. The van der Waals surface area contributed by atoms with Gasteiger partial charge < -0.3 is 24.9 Å². The van der Waals surface area contributed by atoms with Crippen molar-refractivity contribution in [3.63, 3.8) is 0 Å². The Hall–Kier alpha value is -2.62. The van der Waals surface area contributed by atoms with Gasteiger partial charge in [-0.05, 0) is 27.9 Å². The van der Waals surface area contributed by atoms with Gasteiger partial charge in [-0.2, -0.15) is 0 Å². The van der Waals surface area contributed by atoms with Gasteiger partial charge >= 0.3 is 0 Å². The summed E-state index contributed by atoms with van der Waals surface area (Å²) in [6.07, 6.45) is 0.777. The molecular formula is C20H20BrN3O5. The Labute approximate surface area is 174 Å². The topological polar surface area (TPSA) is 119 Å². The van der Waals surface area contributed by atoms with E-state index in [0.717, 1.165) is 10.5 Å². The number of benzene rings is 1. The zero-order chi connectivity index (χ0) is 20.6. The maximum absolute atomic E-state index is 13.1. The van der Waals surface area contributed by atoms with Gasteiger partial charge in [0, 0.05) is 31.5 Å². The van der Waals surface area contributed by atoms with E-state index >= 15 is 0 Å². The third-order valence-corrected chi connectivity index (χ3v) is 5.39. The van der Waals surface area contributed by atoms with E-state index in [0.29, 0.717) is 22.2 Å². The monoisotopic (exact) mass is 461 g/mol. The summed E-state index contributed by atoms with van der Waals surface area (Å²) >= 11 is 3.23. The number of aromatic nitrogens is 1. The number of halogens is 1. The van der Waals surface area contributed by atoms with Crippen LogP contribution < -0.4 is 5.32 Å². The number of nitrogens with zero attached hydrogens (tertiary/aromatic N) is 1. The van der Waals surface area contributed by atoms with Crippen molar-refractivity contribution in [1.29, 1.82) is 0 Å². The number of amides is 2. The number of fused-ring (bicyclic) bond motifs is 1. The number of hydrogen-bond donors (Lipinski definition) is 4. The van der Waals surface area contributed by atoms with Crippen LogP contribution in [0.1, 0.15) is 28.9 Å². The molecule has 1 aliphatic heterocycles. The van der Waals surface area contributed by atoms with Crippen LogP contribution in [0.25, 0.3) is 11.1 Å². The van der Waals surface area contributed by atoms with Gasteiger partial charge in [-0.3, -0.25) is 14.5 Å². The molecule has 1 fully saturated rings. The first-order chi connectivity index (χ1) is 13.8. The summed E-state index contributed by atoms with van der Waals surface area (Å²) in [7, 11) is 0. The molecule has 0 spiro atoms. The smallest absolute Gasteiger partial charge is 0.268 e. The van der Waals surface area contributed by atoms with Crippen molar-refractivity contribution in [1.82, 2.24) is 15.2 Å². The fourth-order valence-corrected chi connectivity index (χ4v) is 3.97. The summed E-state index contributed by atoms with van der Waals surface area (Å²) in [6, 6.07) is 11.5. The Morgan fingerprint density at radius 2 is 2.03 bits per heavy atom. The number of H-pyrrole nitrogens is 1. The molecule has 0 radical (unpaired) electrons. The first kappa shape index (κ1) is 19.7. The molecule has 1 atom stereocenters. The van der Waals surface area contributed by atoms with Gasteiger partial charge in [0.1, 0.15) is 11.7 Å². The average molecular weight is 462 g/mol. The normalized spacial score (nSPS) is 16.9. The molecule has 1 saturated heterocycles. The van der Waals surface area contributed by atoms with Gasteiger partial charge in [0.15, 0.2) is 10.3 Å². The second-order valence-corrected chi connectivity index (χ2v) is 7.88. The summed E-state index contributed by atoms with van der Waals surface area (Å²) in [4.78, 5) is 29.8. The van der Waals surface area contributed by atoms with E-state index in [2.05, 4.69) is 26.2 Å². The number of hydrogen-bond acceptors (Lipinski definition) is 5. The minimum absolute atomic E-state index is 0.0760. The van der Waals surface area contributed by atoms with Gasteiger partial charge in [0.25, 0.3) is 5.91 Å². The number of furan rings is 1. The minimum Gasteiger partial charge on any atom is -0.448 e. The average Bonchev–Trinajstić information content (AvgIpc) is 3.33. The Morgan fingerprint density at radius 3 is 2.69 bits per heavy atom. The number of aromatic amines is 1. The lowest BCUT2D eigenvalue weighted by Gasteiger charge is -2.31. The van der Waals surface area contributed by atoms with E-state index in [1.807, 2.05) is 30.3 Å². The van der Waals surface area contributed by atoms with Crippen LogP contribution in [0.4, 0.5) is 0 Å². The Balaban J connectivity index is 1.57. The lowest BCUT2D eigenvalue weighted by atomic mass is 10.0. The van der Waals surface area contributed by atoms with Gasteiger partial charge in [0.05, 0.1) is 5.52 Å². The molecule has 2 amide bonds. The summed E-state index contributed by atoms with van der Waals surface area (Å²) in [5.74, 6) is -3.22. The maximum atomic E-state index is 13.1. The van der Waals surface area contributed by atoms with Crippen LogP contribution in [-0.4, -0.2) is 50.4 Å². The Morgan fingerprint density at radius 1 is 1.28 bits per heavy atom. The third kappa shape index (κ3) is 4.07. The summed E-state index contributed by atoms with van der Waals surface area (Å²) in [6.45, 7) is 0.219. The van der Waals surface area contributed by atoms with Crippen LogP contribution >= 0.6 is 15.9 Å². The number of carbonyl (C=O) groups is 2. The van der Waals surface area contributed by atoms with Crippen molar-refractivity contribution in [2.75, 3.05) is 6.54 Å². The highest BCUT2D eigenvalue weighted by atomic mass is 79.9. The summed E-state index contributed by atoms with van der Waals surface area (Å²) in [5.41, 5.74) is 2.25. The van der Waals surface area contributed by atoms with Gasteiger partial charge in [0.2, 0.25) is 11.8 Å². The molecular weight excluding hydrogens is 442 g/mol. The van der Waals surface area contributed by atoms with Crippen LogP contribution in [0.2, 0.25) is 0 Å². The van der Waals surface area contributed by atoms with E-state index in [4.69, 9.17) is 4.42 Å². The molecule has 3 aromatic rings. The number of aliphatic hydroxyl groups is 2. The molecule has 1 aliphatic rings. The lowest BCUT2D eigenvalue weighted by molar-refractivity contribution is -0.240. The van der Waals surface area contributed by atoms with Crippen molar-refractivity contribution >= 4 is 38.8 Å². The number of rotatable bonds is 5. The predicted molar refractivity (Wildman–Crippen MR) is 108 cm³/mol. The van der Waals surface area contributed by atoms with E-state index in [1.165, 1.54) is 0 Å². The van der Waals surface area contributed by atoms with Crippen molar-refractivity contribution < 1.29 is 24.2 Å². The van der Waals surface area contributed by atoms with Gasteiger partial charge in [-0.1, -0.05) is 30.3 Å². The molecule has 1 aromatic carbocycles. The quantitative estimate of drug-likeness (QED) is 0.434. The Kier molecular flexibility index (Phi) is 5.20. The maximum Gasteiger partial charge on any atom is 0.268 e. The van der Waals surface area contributed by atoms with Crippen molar-refractivity contribution in [3.8, 4) is 0 Å². The third-order valence-electron chi connectivity index (χ3n) is 5.00. The molecule has 9 heteroatoms. The Bertz CT molecular complexity index is 1010. The van der Waals surface area contributed by atoms with Crippen LogP contribution in [0.5, 0.6) is 0 Å². The second kappa shape index (κ2) is 7.66. The summed E-state index contributed by atoms with van der Waals surface area (Å²) in [5, 5.41) is 22.9. The zero-order valence-corrected chi connectivity index (χ0v) is 17.0. The highest BCUT2D eigenvalue weighted by Gasteiger charge is 2.43. The van der Waals surface area contributed by atoms with E-state index in [1.54, 1.807) is 12.1 Å². The molecule has 29 heavy (non-hydrogen) atoms. The van der Waals surface area contributed by atoms with Gasteiger partial charge in [-0.15, -0.1) is 0 Å². The standard InChI is InChI=1S/C20H20BrN3O5/c21-17-11-13-16(29-17)10-14(22-13)18(25)23-15(9-12-5-2-1-3-6-12)19(26)24-8-4-7-20(24,27)28/h1-3,5-6,10-11,15,22,27-28H,4,7-9H2,(H,23,25). The minimum atomic E-state index is -2.20. The lowest BCUT2D eigenvalue weighted by Crippen LogP contribution is -2.55. The molecule has 4 rings (SSSR count). The molecule has 0 saturated carbocycles. The van der Waals surface area contributed by atoms with Gasteiger partial charge in [-0.25, -0.2) is 0 Å². The van der Waals surface area contributed by atoms with E-state index in [9.17, 15) is 19.8 Å². The molecule has 3 heterocycles. The number of likely N-dealkylation sites (tertiary alicyclic amines) is 1. The fraction of sp³-hybridized carbons (Fsp3) is 0.300. The zero-order valence-electron chi connectivity index (χ0n) is 15.4. The highest BCUT2D eigenvalue weighted by Crippen LogP contribution is 2.26. The van der Waals surface area contributed by atoms with Crippen LogP contribution in [0.3, 0.4) is 0 Å². The van der Waals surface area contributed by atoms with Crippen molar-refractivity contribution in [2.24, 2.45) is 0 Å². The van der Waals surface area contributed by atoms with Crippen molar-refractivity contribution in [2.45, 2.75) is 31.2 Å². The molecule has 4 N–H and O–H groups in total. The van der Waals surface area contributed by atoms with Crippen molar-refractivity contribution in [3.05, 3.63) is 58.4 Å².